The van der Waals surface area contributed by atoms with Crippen LogP contribution in [-0.2, 0) is 14.8 Å². The van der Waals surface area contributed by atoms with Crippen LogP contribution >= 0.6 is 0 Å². The first-order valence-electron chi connectivity index (χ1n) is 9.22. The van der Waals surface area contributed by atoms with E-state index >= 15 is 0 Å². The molecule has 0 radical (unpaired) electrons. The molecular weight excluding hydrogens is 390 g/mol. The number of benzene rings is 2. The minimum atomic E-state index is -3.76. The molecule has 2 heterocycles. The highest BCUT2D eigenvalue weighted by atomic mass is 32.2. The molecule has 1 aliphatic heterocycles. The van der Waals surface area contributed by atoms with E-state index < -0.39 is 10.0 Å². The van der Waals surface area contributed by atoms with Gasteiger partial charge in [0.2, 0.25) is 15.9 Å². The van der Waals surface area contributed by atoms with Gasteiger partial charge in [-0.1, -0.05) is 12.1 Å². The lowest BCUT2D eigenvalue weighted by molar-refractivity contribution is -0.120. The van der Waals surface area contributed by atoms with Crippen LogP contribution in [0.15, 0.2) is 53.6 Å². The molecule has 1 aromatic heterocycles. The van der Waals surface area contributed by atoms with Gasteiger partial charge >= 0.3 is 0 Å². The van der Waals surface area contributed by atoms with Gasteiger partial charge in [-0.15, -0.1) is 0 Å². The number of hydrogen-bond donors (Lipinski definition) is 2. The molecule has 0 atom stereocenters. The Bertz CT molecular complexity index is 1200. The molecule has 2 N–H and O–H groups in total. The third kappa shape index (κ3) is 3.72. The predicted octanol–water partition coefficient (Wildman–Crippen LogP) is 2.47. The lowest BCUT2D eigenvalue weighted by Crippen LogP contribution is -2.41. The van der Waals surface area contributed by atoms with Crippen LogP contribution < -0.4 is 5.32 Å². The average molecular weight is 409 g/mol. The molecule has 0 aliphatic carbocycles. The fourth-order valence-corrected chi connectivity index (χ4v) is 5.16. The number of rotatable bonds is 4. The summed E-state index contributed by atoms with van der Waals surface area (Å²) in [5.74, 6) is -0.393. The molecule has 0 unspecified atom stereocenters. The number of hydrogen-bond acceptors (Lipinski definition) is 5. The minimum Gasteiger partial charge on any atom is -0.326 e. The first-order chi connectivity index (χ1) is 14.0. The molecular formula is C20H19N5O3S. The highest BCUT2D eigenvalue weighted by Crippen LogP contribution is 2.27. The van der Waals surface area contributed by atoms with Crippen molar-refractivity contribution in [3.8, 4) is 6.07 Å². The van der Waals surface area contributed by atoms with Crippen molar-refractivity contribution in [2.45, 2.75) is 17.7 Å². The predicted molar refractivity (Wildman–Crippen MR) is 107 cm³/mol. The molecule has 0 bridgehead atoms. The number of carbonyl (C=O) groups is 1. The van der Waals surface area contributed by atoms with Crippen molar-refractivity contribution in [2.75, 3.05) is 18.4 Å². The summed E-state index contributed by atoms with van der Waals surface area (Å²) in [5.41, 5.74) is 1.70. The first-order valence-corrected chi connectivity index (χ1v) is 10.7. The van der Waals surface area contributed by atoms with Gasteiger partial charge in [-0.2, -0.15) is 14.7 Å². The zero-order chi connectivity index (χ0) is 20.4. The van der Waals surface area contributed by atoms with E-state index in [1.165, 1.54) is 16.4 Å². The summed E-state index contributed by atoms with van der Waals surface area (Å²) in [6.07, 6.45) is 2.54. The van der Waals surface area contributed by atoms with Crippen molar-refractivity contribution in [2.24, 2.45) is 5.92 Å². The number of H-pyrrole nitrogens is 1. The molecule has 29 heavy (non-hydrogen) atoms. The Balaban J connectivity index is 1.42. The number of nitriles is 1. The second-order valence-electron chi connectivity index (χ2n) is 6.95. The third-order valence-corrected chi connectivity index (χ3v) is 7.11. The van der Waals surface area contributed by atoms with Gasteiger partial charge < -0.3 is 5.32 Å². The molecule has 1 aliphatic rings. The Kier molecular flexibility index (Phi) is 5.05. The van der Waals surface area contributed by atoms with Gasteiger partial charge in [0.05, 0.1) is 22.2 Å². The fraction of sp³-hybridized carbons (Fsp3) is 0.250. The Hall–Kier alpha value is -3.22. The third-order valence-electron chi connectivity index (χ3n) is 5.16. The lowest BCUT2D eigenvalue weighted by atomic mass is 9.97. The number of anilines is 1. The van der Waals surface area contributed by atoms with Crippen molar-refractivity contribution in [3.05, 3.63) is 54.2 Å². The van der Waals surface area contributed by atoms with Gasteiger partial charge in [0.1, 0.15) is 6.07 Å². The quantitative estimate of drug-likeness (QED) is 0.686. The van der Waals surface area contributed by atoms with Crippen molar-refractivity contribution < 1.29 is 13.2 Å². The number of nitrogens with one attached hydrogen (secondary N) is 2. The summed E-state index contributed by atoms with van der Waals surface area (Å²) in [6.45, 7) is 0.474. The Morgan fingerprint density at radius 1 is 1.21 bits per heavy atom. The van der Waals surface area contributed by atoms with Gasteiger partial charge in [-0.3, -0.25) is 9.89 Å². The average Bonchev–Trinajstić information content (AvgIpc) is 3.21. The molecule has 9 heteroatoms. The van der Waals surface area contributed by atoms with Gasteiger partial charge in [-0.25, -0.2) is 8.42 Å². The molecule has 148 valence electrons. The summed E-state index contributed by atoms with van der Waals surface area (Å²) in [5, 5.41) is 19.8. The molecule has 1 amide bonds. The lowest BCUT2D eigenvalue weighted by Gasteiger charge is -2.30. The van der Waals surface area contributed by atoms with Crippen LogP contribution in [0.5, 0.6) is 0 Å². The maximum Gasteiger partial charge on any atom is 0.244 e. The van der Waals surface area contributed by atoms with Crippen LogP contribution in [0.2, 0.25) is 0 Å². The number of carbonyl (C=O) groups excluding carboxylic acids is 1. The summed E-state index contributed by atoms with van der Waals surface area (Å²) >= 11 is 0. The van der Waals surface area contributed by atoms with Crippen LogP contribution in [0.1, 0.15) is 18.4 Å². The molecule has 3 aromatic rings. The largest absolute Gasteiger partial charge is 0.326 e. The summed E-state index contributed by atoms with van der Waals surface area (Å²) in [7, 11) is -3.76. The normalized spacial score (nSPS) is 15.8. The SMILES string of the molecule is N#Cc1ccccc1S(=O)(=O)N1CCC(C(=O)Nc2ccc3[nH]ncc3c2)CC1. The van der Waals surface area contributed by atoms with Crippen molar-refractivity contribution in [1.82, 2.24) is 14.5 Å². The van der Waals surface area contributed by atoms with Gasteiger partial charge in [0.25, 0.3) is 0 Å². The van der Waals surface area contributed by atoms with Crippen molar-refractivity contribution in [3.63, 3.8) is 0 Å². The van der Waals surface area contributed by atoms with E-state index in [2.05, 4.69) is 15.5 Å². The summed E-state index contributed by atoms with van der Waals surface area (Å²) in [6, 6.07) is 13.6. The van der Waals surface area contributed by atoms with Crippen LogP contribution in [0.4, 0.5) is 5.69 Å². The molecule has 0 saturated carbocycles. The zero-order valence-electron chi connectivity index (χ0n) is 15.5. The van der Waals surface area contributed by atoms with E-state index in [1.54, 1.807) is 24.4 Å². The van der Waals surface area contributed by atoms with E-state index in [9.17, 15) is 18.5 Å². The fourth-order valence-electron chi connectivity index (χ4n) is 3.55. The molecule has 1 saturated heterocycles. The van der Waals surface area contributed by atoms with E-state index in [1.807, 2.05) is 18.2 Å². The van der Waals surface area contributed by atoms with Crippen LogP contribution in [0, 0.1) is 17.2 Å². The van der Waals surface area contributed by atoms with Crippen molar-refractivity contribution >= 4 is 32.5 Å². The molecule has 8 nitrogen and oxygen atoms in total. The number of amides is 1. The number of piperidine rings is 1. The Morgan fingerprint density at radius 2 is 1.97 bits per heavy atom. The van der Waals surface area contributed by atoms with Gasteiger partial charge in [0.15, 0.2) is 0 Å². The number of aromatic amines is 1. The van der Waals surface area contributed by atoms with Crippen molar-refractivity contribution in [1.29, 1.82) is 5.26 Å². The number of fused-ring (bicyclic) bond motifs is 1. The highest BCUT2D eigenvalue weighted by molar-refractivity contribution is 7.89. The topological polar surface area (TPSA) is 119 Å². The standard InChI is InChI=1S/C20H19N5O3S/c21-12-15-3-1-2-4-19(15)29(27,28)25-9-7-14(8-10-25)20(26)23-17-5-6-18-16(11-17)13-22-24-18/h1-6,11,13-14H,7-10H2,(H,22,24)(H,23,26). The molecule has 2 aromatic carbocycles. The molecule has 4 rings (SSSR count). The molecule has 0 spiro atoms. The maximum atomic E-state index is 12.9. The smallest absolute Gasteiger partial charge is 0.244 e. The van der Waals surface area contributed by atoms with Gasteiger partial charge in [0, 0.05) is 30.1 Å². The summed E-state index contributed by atoms with van der Waals surface area (Å²) < 4.78 is 27.1. The van der Waals surface area contributed by atoms with E-state index in [0.29, 0.717) is 18.5 Å². The van der Waals surface area contributed by atoms with Crippen LogP contribution in [0.25, 0.3) is 10.9 Å². The Morgan fingerprint density at radius 3 is 2.72 bits per heavy atom. The van der Waals surface area contributed by atoms with Gasteiger partial charge in [-0.05, 0) is 43.2 Å². The van der Waals surface area contributed by atoms with Crippen LogP contribution in [0.3, 0.4) is 0 Å². The molecule has 1 fully saturated rings. The Labute approximate surface area is 168 Å². The van der Waals surface area contributed by atoms with E-state index in [-0.39, 0.29) is 35.4 Å². The first kappa shape index (κ1) is 19.1. The van der Waals surface area contributed by atoms with E-state index in [0.717, 1.165) is 10.9 Å². The second-order valence-corrected chi connectivity index (χ2v) is 8.85. The zero-order valence-corrected chi connectivity index (χ0v) is 16.3. The number of sulfonamides is 1. The maximum absolute atomic E-state index is 12.9. The monoisotopic (exact) mass is 409 g/mol. The van der Waals surface area contributed by atoms with E-state index in [4.69, 9.17) is 0 Å². The number of nitrogens with zero attached hydrogens (tertiary/aromatic N) is 3. The minimum absolute atomic E-state index is 0.0128. The number of aromatic nitrogens is 2. The highest BCUT2D eigenvalue weighted by Gasteiger charge is 2.33. The second kappa shape index (κ2) is 7.66. The van der Waals surface area contributed by atoms with Crippen LogP contribution in [-0.4, -0.2) is 41.9 Å². The summed E-state index contributed by atoms with van der Waals surface area (Å²) in [4.78, 5) is 12.6.